The van der Waals surface area contributed by atoms with Gasteiger partial charge in [0.1, 0.15) is 23.7 Å². The number of halogens is 1. The Balaban J connectivity index is 1.28. The van der Waals surface area contributed by atoms with Crippen molar-refractivity contribution in [3.63, 3.8) is 0 Å². The fraction of sp³-hybridized carbons (Fsp3) is 0.222. The Morgan fingerprint density at radius 2 is 1.92 bits per heavy atom. The van der Waals surface area contributed by atoms with Crippen molar-refractivity contribution in [2.24, 2.45) is 0 Å². The lowest BCUT2D eigenvalue weighted by molar-refractivity contribution is 0.102. The van der Waals surface area contributed by atoms with Crippen LogP contribution in [0.5, 0.6) is 0 Å². The monoisotopic (exact) mass is 499 g/mol. The molecule has 1 amide bonds. The van der Waals surface area contributed by atoms with Gasteiger partial charge in [-0.2, -0.15) is 0 Å². The number of amides is 1. The lowest BCUT2D eigenvalue weighted by Crippen LogP contribution is -2.15. The van der Waals surface area contributed by atoms with Crippen molar-refractivity contribution >= 4 is 22.8 Å². The highest BCUT2D eigenvalue weighted by Gasteiger charge is 2.17. The van der Waals surface area contributed by atoms with Gasteiger partial charge in [-0.25, -0.2) is 14.4 Å². The van der Waals surface area contributed by atoms with Crippen molar-refractivity contribution in [2.45, 2.75) is 33.0 Å². The normalized spacial score (nSPS) is 11.4. The Hall–Kier alpha value is -4.44. The fourth-order valence-corrected chi connectivity index (χ4v) is 3.97. The molecule has 0 bridgehead atoms. The quantitative estimate of drug-likeness (QED) is 0.290. The molecule has 1 N–H and O–H groups in total. The van der Waals surface area contributed by atoms with Crippen LogP contribution in [0, 0.1) is 5.82 Å². The molecule has 0 aliphatic rings. The second-order valence-corrected chi connectivity index (χ2v) is 8.81. The first-order chi connectivity index (χ1) is 18.0. The van der Waals surface area contributed by atoms with E-state index in [-0.39, 0.29) is 17.4 Å². The number of carbonyl (C=O) groups excluding carboxylic acids is 1. The molecule has 9 nitrogen and oxygen atoms in total. The molecule has 10 heteroatoms. The molecule has 0 atom stereocenters. The minimum absolute atomic E-state index is 0.115. The maximum absolute atomic E-state index is 15.0. The minimum atomic E-state index is -0.646. The summed E-state index contributed by atoms with van der Waals surface area (Å²) in [6.07, 6.45) is 3.25. The molecule has 0 unspecified atom stereocenters. The van der Waals surface area contributed by atoms with Gasteiger partial charge in [0.05, 0.1) is 36.1 Å². The summed E-state index contributed by atoms with van der Waals surface area (Å²) >= 11 is 0. The molecular formula is C27H26FN7O2. The van der Waals surface area contributed by atoms with Crippen LogP contribution >= 0.6 is 0 Å². The van der Waals surface area contributed by atoms with Crippen molar-refractivity contribution < 1.29 is 13.9 Å². The number of nitrogens with one attached hydrogen (secondary N) is 1. The first-order valence-electron chi connectivity index (χ1n) is 11.9. The standard InChI is InChI=1S/C27H26FN7O2/c1-18(2)35-17-30-33-26(35)22-9-6-10-25(31-22)32-27(36)20-13-23-24(14-21(20)28)34(16-29-23)11-12-37-15-19-7-4-3-5-8-19/h3-10,13-14,16-18H,11-12,15H2,1-2H3,(H,31,32,36). The zero-order valence-corrected chi connectivity index (χ0v) is 20.5. The number of benzene rings is 2. The maximum atomic E-state index is 15.0. The summed E-state index contributed by atoms with van der Waals surface area (Å²) < 4.78 is 24.4. The number of hydrogen-bond acceptors (Lipinski definition) is 6. The average Bonchev–Trinajstić information content (AvgIpc) is 3.54. The smallest absolute Gasteiger partial charge is 0.259 e. The van der Waals surface area contributed by atoms with Crippen LogP contribution in [0.15, 0.2) is 73.3 Å². The number of ether oxygens (including phenoxy) is 1. The summed E-state index contributed by atoms with van der Waals surface area (Å²) in [5, 5.41) is 10.8. The van der Waals surface area contributed by atoms with Crippen LogP contribution in [0.25, 0.3) is 22.6 Å². The number of rotatable bonds is 9. The molecule has 37 heavy (non-hydrogen) atoms. The van der Waals surface area contributed by atoms with Crippen LogP contribution in [0.1, 0.15) is 35.8 Å². The molecule has 5 rings (SSSR count). The van der Waals surface area contributed by atoms with Gasteiger partial charge in [0, 0.05) is 18.7 Å². The maximum Gasteiger partial charge on any atom is 0.259 e. The Morgan fingerprint density at radius 3 is 2.73 bits per heavy atom. The second-order valence-electron chi connectivity index (χ2n) is 8.81. The third kappa shape index (κ3) is 5.39. The van der Waals surface area contributed by atoms with Crippen molar-refractivity contribution in [3.05, 3.63) is 90.3 Å². The largest absolute Gasteiger partial charge is 0.375 e. The molecule has 0 aliphatic heterocycles. The van der Waals surface area contributed by atoms with Crippen molar-refractivity contribution in [1.82, 2.24) is 29.3 Å². The van der Waals surface area contributed by atoms with Crippen LogP contribution in [0.4, 0.5) is 10.2 Å². The van der Waals surface area contributed by atoms with Crippen LogP contribution in [0.3, 0.4) is 0 Å². The van der Waals surface area contributed by atoms with E-state index in [9.17, 15) is 4.79 Å². The fourth-order valence-electron chi connectivity index (χ4n) is 3.97. The van der Waals surface area contributed by atoms with Gasteiger partial charge in [-0.3, -0.25) is 4.79 Å². The van der Waals surface area contributed by atoms with Gasteiger partial charge in [-0.05, 0) is 37.6 Å². The van der Waals surface area contributed by atoms with Gasteiger partial charge in [-0.15, -0.1) is 10.2 Å². The first kappa shape index (κ1) is 24.3. The van der Waals surface area contributed by atoms with Gasteiger partial charge in [-0.1, -0.05) is 36.4 Å². The van der Waals surface area contributed by atoms with Crippen LogP contribution in [-0.2, 0) is 17.9 Å². The zero-order chi connectivity index (χ0) is 25.8. The van der Waals surface area contributed by atoms with Gasteiger partial charge < -0.3 is 19.2 Å². The van der Waals surface area contributed by atoms with Gasteiger partial charge >= 0.3 is 0 Å². The number of nitrogens with zero attached hydrogens (tertiary/aromatic N) is 6. The van der Waals surface area contributed by atoms with E-state index in [0.717, 1.165) is 5.56 Å². The topological polar surface area (TPSA) is 99.8 Å². The summed E-state index contributed by atoms with van der Waals surface area (Å²) in [5.41, 5.74) is 2.62. The molecule has 0 saturated heterocycles. The number of imidazole rings is 1. The van der Waals surface area contributed by atoms with E-state index in [1.807, 2.05) is 48.7 Å². The molecule has 188 valence electrons. The van der Waals surface area contributed by atoms with E-state index in [0.29, 0.717) is 42.3 Å². The molecule has 5 aromatic rings. The Kier molecular flexibility index (Phi) is 7.00. The predicted molar refractivity (Wildman–Crippen MR) is 137 cm³/mol. The summed E-state index contributed by atoms with van der Waals surface area (Å²) in [5.74, 6) is -0.402. The highest BCUT2D eigenvalue weighted by atomic mass is 19.1. The summed E-state index contributed by atoms with van der Waals surface area (Å²) in [6.45, 7) is 5.47. The Morgan fingerprint density at radius 1 is 1.08 bits per heavy atom. The van der Waals surface area contributed by atoms with E-state index in [1.165, 1.54) is 12.1 Å². The number of anilines is 1. The number of fused-ring (bicyclic) bond motifs is 1. The van der Waals surface area contributed by atoms with Crippen molar-refractivity contribution in [3.8, 4) is 11.5 Å². The molecular weight excluding hydrogens is 473 g/mol. The van der Waals surface area contributed by atoms with Crippen LogP contribution in [-0.4, -0.2) is 41.8 Å². The van der Waals surface area contributed by atoms with Gasteiger partial charge in [0.15, 0.2) is 5.82 Å². The molecule has 0 aliphatic carbocycles. The summed E-state index contributed by atoms with van der Waals surface area (Å²) in [4.78, 5) is 21.7. The Labute approximate surface area is 213 Å². The SMILES string of the molecule is CC(C)n1cnnc1-c1cccc(NC(=O)c2cc3ncn(CCOCc4ccccc4)c3cc2F)n1. The van der Waals surface area contributed by atoms with Gasteiger partial charge in [0.25, 0.3) is 5.91 Å². The van der Waals surface area contributed by atoms with Crippen molar-refractivity contribution in [1.29, 1.82) is 0 Å². The zero-order valence-electron chi connectivity index (χ0n) is 20.5. The minimum Gasteiger partial charge on any atom is -0.375 e. The highest BCUT2D eigenvalue weighted by Crippen LogP contribution is 2.22. The van der Waals surface area contributed by atoms with E-state index >= 15 is 4.39 Å². The third-order valence-corrected chi connectivity index (χ3v) is 5.89. The van der Waals surface area contributed by atoms with E-state index in [4.69, 9.17) is 4.74 Å². The van der Waals surface area contributed by atoms with E-state index in [2.05, 4.69) is 25.5 Å². The third-order valence-electron chi connectivity index (χ3n) is 5.89. The molecule has 0 radical (unpaired) electrons. The van der Waals surface area contributed by atoms with Crippen LogP contribution in [0.2, 0.25) is 0 Å². The molecule has 0 fully saturated rings. The highest BCUT2D eigenvalue weighted by molar-refractivity contribution is 6.05. The van der Waals surface area contributed by atoms with Crippen molar-refractivity contribution in [2.75, 3.05) is 11.9 Å². The lowest BCUT2D eigenvalue weighted by atomic mass is 10.1. The van der Waals surface area contributed by atoms with Gasteiger partial charge in [0.2, 0.25) is 0 Å². The number of pyridine rings is 1. The predicted octanol–water partition coefficient (Wildman–Crippen LogP) is 4.88. The van der Waals surface area contributed by atoms with E-state index < -0.39 is 11.7 Å². The number of aromatic nitrogens is 6. The average molecular weight is 500 g/mol. The second kappa shape index (κ2) is 10.7. The first-order valence-corrected chi connectivity index (χ1v) is 11.9. The molecule has 2 aromatic carbocycles. The summed E-state index contributed by atoms with van der Waals surface area (Å²) in [6, 6.07) is 18.0. The summed E-state index contributed by atoms with van der Waals surface area (Å²) in [7, 11) is 0. The Bertz CT molecular complexity index is 1530. The van der Waals surface area contributed by atoms with Crippen LogP contribution < -0.4 is 5.32 Å². The molecule has 0 spiro atoms. The molecule has 3 aromatic heterocycles. The lowest BCUT2D eigenvalue weighted by Gasteiger charge is -2.11. The number of carbonyl (C=O) groups is 1. The molecule has 0 saturated carbocycles. The molecule has 3 heterocycles. The number of hydrogen-bond donors (Lipinski definition) is 1. The van der Waals surface area contributed by atoms with E-state index in [1.54, 1.807) is 35.4 Å².